The summed E-state index contributed by atoms with van der Waals surface area (Å²) in [5.41, 5.74) is 1.07. The van der Waals surface area contributed by atoms with E-state index in [2.05, 4.69) is 36.5 Å². The summed E-state index contributed by atoms with van der Waals surface area (Å²) < 4.78 is 5.50. The molecule has 2 aromatic heterocycles. The second kappa shape index (κ2) is 6.74. The largest absolute Gasteiger partial charge is 0.464 e. The third-order valence-corrected chi connectivity index (χ3v) is 4.56. The molecule has 0 aliphatic carbocycles. The first-order chi connectivity index (χ1) is 10.7. The van der Waals surface area contributed by atoms with Gasteiger partial charge in [0, 0.05) is 17.8 Å². The molecule has 0 saturated heterocycles. The van der Waals surface area contributed by atoms with E-state index in [0.29, 0.717) is 6.54 Å². The highest BCUT2D eigenvalue weighted by Crippen LogP contribution is 2.26. The van der Waals surface area contributed by atoms with Crippen LogP contribution in [0.3, 0.4) is 0 Å². The molecule has 23 heavy (non-hydrogen) atoms. The Kier molecular flexibility index (Phi) is 5.14. The molecule has 0 fully saturated rings. The van der Waals surface area contributed by atoms with Crippen molar-refractivity contribution in [3.05, 3.63) is 39.7 Å². The van der Waals surface area contributed by atoms with Crippen LogP contribution in [0.15, 0.2) is 21.9 Å². The lowest BCUT2D eigenvalue weighted by Crippen LogP contribution is -2.38. The summed E-state index contributed by atoms with van der Waals surface area (Å²) in [7, 11) is 1.75. The Bertz CT molecular complexity index is 669. The highest BCUT2D eigenvalue weighted by Gasteiger charge is 2.21. The Morgan fingerprint density at radius 3 is 2.65 bits per heavy atom. The van der Waals surface area contributed by atoms with Gasteiger partial charge in [0.25, 0.3) is 0 Å². The fourth-order valence-corrected chi connectivity index (χ4v) is 3.12. The number of carbonyl (C=O) groups is 1. The smallest absolute Gasteiger partial charge is 0.318 e. The standard InChI is InChI=1S/C17H25N3O2S/c1-11-7-8-13(22-11)9-20(6)16(21)18-12(2)15-19-14(10-23-15)17(3,4)5/h7-8,10,12H,9H2,1-6H3,(H,18,21)/t12-/m1/s1. The maximum absolute atomic E-state index is 12.3. The number of amides is 2. The Morgan fingerprint density at radius 2 is 2.13 bits per heavy atom. The summed E-state index contributed by atoms with van der Waals surface area (Å²) in [6.45, 7) is 10.7. The second-order valence-corrected chi connectivity index (χ2v) is 7.75. The number of nitrogens with one attached hydrogen (secondary N) is 1. The number of aromatic nitrogens is 1. The molecule has 0 aromatic carbocycles. The SMILES string of the molecule is Cc1ccc(CN(C)C(=O)N[C@H](C)c2nc(C(C)(C)C)cs2)o1. The molecule has 126 valence electrons. The first-order valence-corrected chi connectivity index (χ1v) is 8.57. The summed E-state index contributed by atoms with van der Waals surface area (Å²) in [6.07, 6.45) is 0. The first kappa shape index (κ1) is 17.5. The van der Waals surface area contributed by atoms with E-state index >= 15 is 0 Å². The minimum absolute atomic E-state index is 0.0203. The van der Waals surface area contributed by atoms with Crippen LogP contribution in [0, 0.1) is 6.92 Å². The number of rotatable bonds is 4. The third kappa shape index (κ3) is 4.58. The van der Waals surface area contributed by atoms with Crippen LogP contribution < -0.4 is 5.32 Å². The minimum atomic E-state index is -0.140. The van der Waals surface area contributed by atoms with E-state index in [1.165, 1.54) is 0 Å². The van der Waals surface area contributed by atoms with Crippen LogP contribution in [0.5, 0.6) is 0 Å². The average Bonchev–Trinajstić information content (AvgIpc) is 3.07. The molecule has 0 unspecified atom stereocenters. The van der Waals surface area contributed by atoms with Crippen molar-refractivity contribution in [1.82, 2.24) is 15.2 Å². The van der Waals surface area contributed by atoms with E-state index in [1.54, 1.807) is 23.3 Å². The van der Waals surface area contributed by atoms with Gasteiger partial charge >= 0.3 is 6.03 Å². The quantitative estimate of drug-likeness (QED) is 0.909. The van der Waals surface area contributed by atoms with Crippen LogP contribution in [0.25, 0.3) is 0 Å². The minimum Gasteiger partial charge on any atom is -0.464 e. The monoisotopic (exact) mass is 335 g/mol. The lowest BCUT2D eigenvalue weighted by Gasteiger charge is -2.20. The average molecular weight is 335 g/mol. The molecule has 1 N–H and O–H groups in total. The first-order valence-electron chi connectivity index (χ1n) is 7.69. The molecule has 6 heteroatoms. The number of urea groups is 1. The van der Waals surface area contributed by atoms with Gasteiger partial charge in [0.05, 0.1) is 18.3 Å². The van der Waals surface area contributed by atoms with E-state index in [1.807, 2.05) is 26.0 Å². The number of carbonyl (C=O) groups excluding carboxylic acids is 1. The Hall–Kier alpha value is -1.82. The predicted octanol–water partition coefficient (Wildman–Crippen LogP) is 4.24. The molecule has 0 radical (unpaired) electrons. The van der Waals surface area contributed by atoms with Gasteiger partial charge in [-0.1, -0.05) is 20.8 Å². The van der Waals surface area contributed by atoms with Gasteiger partial charge in [-0.05, 0) is 26.0 Å². The number of nitrogens with zero attached hydrogens (tertiary/aromatic N) is 2. The van der Waals surface area contributed by atoms with Crippen LogP contribution in [0.1, 0.15) is 56.0 Å². The molecule has 2 aromatic rings. The number of hydrogen-bond donors (Lipinski definition) is 1. The van der Waals surface area contributed by atoms with E-state index in [9.17, 15) is 4.79 Å². The summed E-state index contributed by atoms with van der Waals surface area (Å²) in [4.78, 5) is 18.5. The maximum Gasteiger partial charge on any atom is 0.318 e. The van der Waals surface area contributed by atoms with Gasteiger partial charge in [0.2, 0.25) is 0 Å². The molecule has 0 saturated carbocycles. The topological polar surface area (TPSA) is 58.4 Å². The molecule has 0 aliphatic heterocycles. The second-order valence-electron chi connectivity index (χ2n) is 6.86. The van der Waals surface area contributed by atoms with E-state index in [4.69, 9.17) is 4.42 Å². The van der Waals surface area contributed by atoms with Crippen molar-refractivity contribution in [3.8, 4) is 0 Å². The molecule has 2 rings (SSSR count). The van der Waals surface area contributed by atoms with E-state index in [0.717, 1.165) is 22.2 Å². The number of hydrogen-bond acceptors (Lipinski definition) is 4. The molecular weight excluding hydrogens is 310 g/mol. The third-order valence-electron chi connectivity index (χ3n) is 3.54. The summed E-state index contributed by atoms with van der Waals surface area (Å²) >= 11 is 1.58. The number of aryl methyl sites for hydroxylation is 1. The summed E-state index contributed by atoms with van der Waals surface area (Å²) in [6, 6.07) is 3.52. The van der Waals surface area contributed by atoms with Crippen LogP contribution in [0.2, 0.25) is 0 Å². The van der Waals surface area contributed by atoms with Crippen molar-refractivity contribution in [2.45, 2.75) is 52.6 Å². The van der Waals surface area contributed by atoms with Gasteiger partial charge in [0.1, 0.15) is 16.5 Å². The molecule has 2 amide bonds. The molecule has 1 atom stereocenters. The summed E-state index contributed by atoms with van der Waals surface area (Å²) in [5.74, 6) is 1.62. The molecule has 0 aliphatic rings. The Morgan fingerprint density at radius 1 is 1.43 bits per heavy atom. The molecular formula is C17H25N3O2S. The zero-order valence-electron chi connectivity index (χ0n) is 14.6. The highest BCUT2D eigenvalue weighted by atomic mass is 32.1. The van der Waals surface area contributed by atoms with Crippen molar-refractivity contribution < 1.29 is 9.21 Å². The normalized spacial score (nSPS) is 13.0. The molecule has 2 heterocycles. The predicted molar refractivity (Wildman–Crippen MR) is 92.7 cm³/mol. The van der Waals surface area contributed by atoms with Crippen LogP contribution in [-0.4, -0.2) is 23.0 Å². The van der Waals surface area contributed by atoms with Crippen molar-refractivity contribution >= 4 is 17.4 Å². The summed E-state index contributed by atoms with van der Waals surface area (Å²) in [5, 5.41) is 5.97. The van der Waals surface area contributed by atoms with Gasteiger partial charge in [-0.25, -0.2) is 9.78 Å². The van der Waals surface area contributed by atoms with Gasteiger partial charge in [-0.2, -0.15) is 0 Å². The van der Waals surface area contributed by atoms with Gasteiger partial charge in [-0.15, -0.1) is 11.3 Å². The van der Waals surface area contributed by atoms with Crippen LogP contribution in [-0.2, 0) is 12.0 Å². The van der Waals surface area contributed by atoms with Crippen molar-refractivity contribution in [1.29, 1.82) is 0 Å². The highest BCUT2D eigenvalue weighted by molar-refractivity contribution is 7.09. The van der Waals surface area contributed by atoms with Gasteiger partial charge < -0.3 is 14.6 Å². The van der Waals surface area contributed by atoms with Gasteiger partial charge in [-0.3, -0.25) is 0 Å². The van der Waals surface area contributed by atoms with Crippen LogP contribution >= 0.6 is 11.3 Å². The Balaban J connectivity index is 1.94. The van der Waals surface area contributed by atoms with Crippen molar-refractivity contribution in [3.63, 3.8) is 0 Å². The van der Waals surface area contributed by atoms with Crippen molar-refractivity contribution in [2.75, 3.05) is 7.05 Å². The lowest BCUT2D eigenvalue weighted by molar-refractivity contribution is 0.199. The molecule has 0 bridgehead atoms. The zero-order chi connectivity index (χ0) is 17.2. The zero-order valence-corrected chi connectivity index (χ0v) is 15.5. The van der Waals surface area contributed by atoms with Crippen molar-refractivity contribution in [2.24, 2.45) is 0 Å². The number of furan rings is 1. The van der Waals surface area contributed by atoms with Gasteiger partial charge in [0.15, 0.2) is 0 Å². The molecule has 0 spiro atoms. The maximum atomic E-state index is 12.3. The lowest BCUT2D eigenvalue weighted by atomic mass is 9.93. The molecule has 5 nitrogen and oxygen atoms in total. The van der Waals surface area contributed by atoms with Crippen LogP contribution in [0.4, 0.5) is 4.79 Å². The Labute approximate surface area is 141 Å². The van der Waals surface area contributed by atoms with E-state index in [-0.39, 0.29) is 17.5 Å². The number of thiazole rings is 1. The van der Waals surface area contributed by atoms with E-state index < -0.39 is 0 Å². The fourth-order valence-electron chi connectivity index (χ4n) is 2.06. The fraction of sp³-hybridized carbons (Fsp3) is 0.529.